The van der Waals surface area contributed by atoms with Crippen molar-refractivity contribution in [3.8, 4) is 17.1 Å². The number of amides is 1. The molecule has 1 amide bonds. The number of fused-ring (bicyclic) bond motifs is 3. The van der Waals surface area contributed by atoms with Gasteiger partial charge in [-0.2, -0.15) is 5.10 Å². The van der Waals surface area contributed by atoms with Crippen LogP contribution in [0.1, 0.15) is 33.4 Å². The molecule has 8 nitrogen and oxygen atoms in total. The zero-order chi connectivity index (χ0) is 24.8. The van der Waals surface area contributed by atoms with Gasteiger partial charge in [0.1, 0.15) is 11.6 Å². The number of halogens is 1. The molecule has 2 atom stereocenters. The number of hydrogen-bond acceptors (Lipinski definition) is 6. The summed E-state index contributed by atoms with van der Waals surface area (Å²) in [5.41, 5.74) is 4.08. The van der Waals surface area contributed by atoms with Crippen LogP contribution in [0.25, 0.3) is 11.4 Å². The molecule has 2 aromatic carbocycles. The average Bonchev–Trinajstić information content (AvgIpc) is 3.43. The van der Waals surface area contributed by atoms with Crippen LogP contribution < -0.4 is 4.74 Å². The van der Waals surface area contributed by atoms with Crippen LogP contribution in [0, 0.1) is 18.7 Å². The second kappa shape index (κ2) is 8.83. The first-order chi connectivity index (χ1) is 17.5. The number of carbonyl (C=O) groups is 1. The number of rotatable bonds is 4. The molecule has 2 aliphatic heterocycles. The lowest BCUT2D eigenvalue weighted by Gasteiger charge is -2.35. The third kappa shape index (κ3) is 3.91. The lowest BCUT2D eigenvalue weighted by atomic mass is 9.91. The highest BCUT2D eigenvalue weighted by molar-refractivity contribution is 5.92. The summed E-state index contributed by atoms with van der Waals surface area (Å²) in [6, 6.07) is 16.1. The molecule has 0 unspecified atom stereocenters. The first kappa shape index (κ1) is 22.4. The number of nitrogens with zero attached hydrogens (tertiary/aromatic N) is 6. The summed E-state index contributed by atoms with van der Waals surface area (Å²) in [7, 11) is 1.82. The van der Waals surface area contributed by atoms with E-state index in [4.69, 9.17) is 4.74 Å². The van der Waals surface area contributed by atoms with Crippen LogP contribution >= 0.6 is 0 Å². The van der Waals surface area contributed by atoms with Crippen molar-refractivity contribution in [1.29, 1.82) is 0 Å². The van der Waals surface area contributed by atoms with E-state index in [0.29, 0.717) is 37.0 Å². The smallest absolute Gasteiger partial charge is 0.288 e. The van der Waals surface area contributed by atoms with Gasteiger partial charge in [-0.15, -0.1) is 0 Å². The molecule has 36 heavy (non-hydrogen) atoms. The Hall–Kier alpha value is -4.11. The number of hydrazine groups is 1. The van der Waals surface area contributed by atoms with Crippen LogP contribution in [-0.2, 0) is 13.6 Å². The predicted molar refractivity (Wildman–Crippen MR) is 130 cm³/mol. The number of benzene rings is 2. The van der Waals surface area contributed by atoms with Crippen molar-refractivity contribution in [3.63, 3.8) is 0 Å². The Morgan fingerprint density at radius 3 is 2.72 bits per heavy atom. The number of carbonyl (C=O) groups excluding carboxylic acids is 1. The second-order valence-electron chi connectivity index (χ2n) is 9.25. The molecule has 1 saturated heterocycles. The maximum Gasteiger partial charge on any atom is 0.288 e. The van der Waals surface area contributed by atoms with Crippen LogP contribution in [0.3, 0.4) is 0 Å². The van der Waals surface area contributed by atoms with Crippen LogP contribution in [0.4, 0.5) is 4.39 Å². The van der Waals surface area contributed by atoms with Crippen molar-refractivity contribution < 1.29 is 13.9 Å². The minimum atomic E-state index is -0.343. The van der Waals surface area contributed by atoms with E-state index in [-0.39, 0.29) is 23.7 Å². The van der Waals surface area contributed by atoms with Gasteiger partial charge in [-0.3, -0.25) is 14.5 Å². The van der Waals surface area contributed by atoms with Gasteiger partial charge in [0, 0.05) is 61.3 Å². The molecule has 0 bridgehead atoms. The molecule has 0 saturated carbocycles. The lowest BCUT2D eigenvalue weighted by molar-refractivity contribution is -0.00642. The van der Waals surface area contributed by atoms with E-state index in [1.807, 2.05) is 38.2 Å². The topological polar surface area (TPSA) is 76.4 Å². The van der Waals surface area contributed by atoms with E-state index in [1.165, 1.54) is 12.1 Å². The van der Waals surface area contributed by atoms with Gasteiger partial charge in [0.05, 0.1) is 12.6 Å². The number of aryl methyl sites for hydroxylation is 2. The molecular weight excluding hydrogens is 459 g/mol. The van der Waals surface area contributed by atoms with Gasteiger partial charge in [0.25, 0.3) is 5.91 Å². The third-order valence-corrected chi connectivity index (χ3v) is 6.90. The van der Waals surface area contributed by atoms with Gasteiger partial charge < -0.3 is 4.74 Å². The van der Waals surface area contributed by atoms with Gasteiger partial charge in [0.15, 0.2) is 11.5 Å². The zero-order valence-electron chi connectivity index (χ0n) is 20.0. The summed E-state index contributed by atoms with van der Waals surface area (Å²) in [6.07, 6.45) is 3.43. The van der Waals surface area contributed by atoms with Crippen molar-refractivity contribution in [2.24, 2.45) is 13.0 Å². The Balaban J connectivity index is 1.39. The van der Waals surface area contributed by atoms with E-state index in [0.717, 1.165) is 22.4 Å². The Morgan fingerprint density at radius 1 is 1.11 bits per heavy atom. The Labute approximate surface area is 207 Å². The first-order valence-corrected chi connectivity index (χ1v) is 11.9. The summed E-state index contributed by atoms with van der Waals surface area (Å²) < 4.78 is 21.6. The van der Waals surface area contributed by atoms with Gasteiger partial charge >= 0.3 is 0 Å². The van der Waals surface area contributed by atoms with Gasteiger partial charge in [-0.25, -0.2) is 19.4 Å². The van der Waals surface area contributed by atoms with E-state index >= 15 is 0 Å². The minimum absolute atomic E-state index is 0.0392. The summed E-state index contributed by atoms with van der Waals surface area (Å²) in [4.78, 5) is 22.4. The van der Waals surface area contributed by atoms with E-state index in [9.17, 15) is 9.18 Å². The molecule has 9 heteroatoms. The van der Waals surface area contributed by atoms with Crippen LogP contribution in [-0.4, -0.2) is 48.8 Å². The van der Waals surface area contributed by atoms with Gasteiger partial charge in [0.2, 0.25) is 0 Å². The molecule has 1 fully saturated rings. The highest BCUT2D eigenvalue weighted by Gasteiger charge is 2.47. The summed E-state index contributed by atoms with van der Waals surface area (Å²) >= 11 is 0. The maximum absolute atomic E-state index is 14.0. The van der Waals surface area contributed by atoms with E-state index < -0.39 is 0 Å². The Morgan fingerprint density at radius 2 is 1.94 bits per heavy atom. The number of aromatic nitrogens is 4. The van der Waals surface area contributed by atoms with Gasteiger partial charge in [-0.1, -0.05) is 24.3 Å². The summed E-state index contributed by atoms with van der Waals surface area (Å²) in [5.74, 6) is 0.693. The molecule has 0 aliphatic carbocycles. The predicted octanol–water partition coefficient (Wildman–Crippen LogP) is 3.95. The largest absolute Gasteiger partial charge is 0.493 e. The summed E-state index contributed by atoms with van der Waals surface area (Å²) in [5, 5.41) is 8.26. The molecular formula is C27H25FN6O2. The van der Waals surface area contributed by atoms with Crippen molar-refractivity contribution in [1.82, 2.24) is 29.8 Å². The average molecular weight is 485 g/mol. The van der Waals surface area contributed by atoms with Crippen molar-refractivity contribution in [2.45, 2.75) is 19.5 Å². The monoisotopic (exact) mass is 484 g/mol. The standard InChI is InChI=1S/C27H25FN6O2/c1-17-11-23(31-32(17)2)27(35)34-15-20-16-36-24-13-21(28)7-8-22(24)25(20)33(34)14-18-5-3-6-19(12-18)26-29-9-4-10-30-26/h3-13,20,25H,14-16H2,1-2H3/t20-,25-/m1/s1. The molecule has 2 aliphatic rings. The molecule has 0 spiro atoms. The quantitative estimate of drug-likeness (QED) is 0.437. The first-order valence-electron chi connectivity index (χ1n) is 11.9. The normalized spacial score (nSPS) is 19.0. The van der Waals surface area contributed by atoms with Crippen LogP contribution in [0.5, 0.6) is 5.75 Å². The Kier molecular flexibility index (Phi) is 5.49. The van der Waals surface area contributed by atoms with Gasteiger partial charge in [-0.05, 0) is 36.8 Å². The molecule has 6 rings (SSSR count). The SMILES string of the molecule is Cc1cc(C(=O)N2C[C@@H]3COc4cc(F)ccc4[C@@H]3N2Cc2cccc(-c3ncccn3)c2)nn1C. The minimum Gasteiger partial charge on any atom is -0.493 e. The highest BCUT2D eigenvalue weighted by Crippen LogP contribution is 2.45. The molecule has 0 N–H and O–H groups in total. The number of ether oxygens (including phenoxy) is 1. The molecule has 182 valence electrons. The summed E-state index contributed by atoms with van der Waals surface area (Å²) in [6.45, 7) is 3.27. The van der Waals surface area contributed by atoms with Crippen molar-refractivity contribution >= 4 is 5.91 Å². The van der Waals surface area contributed by atoms with Crippen LogP contribution in [0.2, 0.25) is 0 Å². The Bertz CT molecular complexity index is 1420. The van der Waals surface area contributed by atoms with Crippen LogP contribution in [0.15, 0.2) is 67.0 Å². The third-order valence-electron chi connectivity index (χ3n) is 6.90. The molecule has 4 heterocycles. The lowest BCUT2D eigenvalue weighted by Crippen LogP contribution is -2.42. The fourth-order valence-corrected chi connectivity index (χ4v) is 5.08. The van der Waals surface area contributed by atoms with Crippen molar-refractivity contribution in [3.05, 3.63) is 95.3 Å². The maximum atomic E-state index is 14.0. The fourth-order valence-electron chi connectivity index (χ4n) is 5.08. The van der Waals surface area contributed by atoms with E-state index in [1.54, 1.807) is 40.3 Å². The van der Waals surface area contributed by atoms with E-state index in [2.05, 4.69) is 20.1 Å². The molecule has 4 aromatic rings. The number of hydrogen-bond donors (Lipinski definition) is 0. The molecule has 0 radical (unpaired) electrons. The van der Waals surface area contributed by atoms with Crippen molar-refractivity contribution in [2.75, 3.05) is 13.2 Å². The molecule has 2 aromatic heterocycles. The second-order valence-corrected chi connectivity index (χ2v) is 9.25. The highest BCUT2D eigenvalue weighted by atomic mass is 19.1. The fraction of sp³-hybridized carbons (Fsp3) is 0.259. The zero-order valence-corrected chi connectivity index (χ0v) is 20.0.